The molecule has 70 valence electrons. The van der Waals surface area contributed by atoms with Gasteiger partial charge in [0.05, 0.1) is 6.04 Å². The summed E-state index contributed by atoms with van der Waals surface area (Å²) in [7, 11) is 0. The molecule has 5 N–H and O–H groups in total. The third kappa shape index (κ3) is 1.88. The van der Waals surface area contributed by atoms with E-state index in [0.29, 0.717) is 12.0 Å². The van der Waals surface area contributed by atoms with Crippen LogP contribution in [0.25, 0.3) is 0 Å². The van der Waals surface area contributed by atoms with Crippen LogP contribution in [0, 0.1) is 5.41 Å². The summed E-state index contributed by atoms with van der Waals surface area (Å²) < 4.78 is 0. The van der Waals surface area contributed by atoms with E-state index in [4.69, 9.17) is 11.6 Å². The van der Waals surface area contributed by atoms with E-state index in [1.54, 1.807) is 0 Å². The second-order valence-corrected chi connectivity index (χ2v) is 4.06. The van der Waals surface area contributed by atoms with E-state index in [9.17, 15) is 0 Å². The van der Waals surface area contributed by atoms with Gasteiger partial charge in [-0.2, -0.15) is 0 Å². The van der Waals surface area contributed by atoms with Crippen molar-refractivity contribution < 1.29 is 0 Å². The van der Waals surface area contributed by atoms with E-state index >= 15 is 0 Å². The lowest BCUT2D eigenvalue weighted by molar-refractivity contribution is 0.333. The third-order valence-corrected chi connectivity index (χ3v) is 2.64. The average Bonchev–Trinajstić information content (AvgIpc) is 2.31. The lowest BCUT2D eigenvalue weighted by atomic mass is 9.88. The van der Waals surface area contributed by atoms with Gasteiger partial charge in [-0.05, 0) is 18.3 Å². The topological polar surface area (TPSA) is 76.4 Å². The summed E-state index contributed by atoms with van der Waals surface area (Å²) >= 11 is 0. The van der Waals surface area contributed by atoms with Crippen LogP contribution in [0.3, 0.4) is 0 Å². The number of hydrazine groups is 1. The Morgan fingerprint density at radius 2 is 2.25 bits per heavy atom. The van der Waals surface area contributed by atoms with E-state index in [0.717, 1.165) is 6.42 Å². The maximum Gasteiger partial charge on any atom is 0.203 e. The van der Waals surface area contributed by atoms with Gasteiger partial charge in [-0.3, -0.25) is 5.43 Å². The molecule has 0 aromatic heterocycles. The number of aliphatic imine (C=N–C) groups is 1. The largest absolute Gasteiger partial charge is 0.369 e. The van der Waals surface area contributed by atoms with Crippen LogP contribution in [-0.4, -0.2) is 12.0 Å². The molecule has 0 aromatic rings. The van der Waals surface area contributed by atoms with Gasteiger partial charge >= 0.3 is 0 Å². The zero-order chi connectivity index (χ0) is 9.19. The molecule has 1 aliphatic rings. The van der Waals surface area contributed by atoms with Crippen LogP contribution >= 0.6 is 0 Å². The first-order valence-electron chi connectivity index (χ1n) is 4.36. The van der Waals surface area contributed by atoms with Crippen molar-refractivity contribution in [3.8, 4) is 0 Å². The Kier molecular flexibility index (Phi) is 2.57. The number of nitrogens with zero attached hydrogens (tertiary/aromatic N) is 1. The van der Waals surface area contributed by atoms with Crippen molar-refractivity contribution in [3.63, 3.8) is 0 Å². The molecule has 1 fully saturated rings. The van der Waals surface area contributed by atoms with Gasteiger partial charge in [-0.25, -0.2) is 10.8 Å². The summed E-state index contributed by atoms with van der Waals surface area (Å²) in [6.07, 6.45) is 3.58. The van der Waals surface area contributed by atoms with Gasteiger partial charge in [-0.15, -0.1) is 0 Å². The first kappa shape index (κ1) is 9.32. The minimum atomic E-state index is 0.279. The first-order valence-corrected chi connectivity index (χ1v) is 4.36. The van der Waals surface area contributed by atoms with Crippen LogP contribution in [0.4, 0.5) is 0 Å². The molecule has 0 spiro atoms. The third-order valence-electron chi connectivity index (χ3n) is 2.64. The summed E-state index contributed by atoms with van der Waals surface area (Å²) in [6, 6.07) is 0.327. The lowest BCUT2D eigenvalue weighted by Crippen LogP contribution is -2.39. The molecular weight excluding hydrogens is 152 g/mol. The highest BCUT2D eigenvalue weighted by atomic mass is 15.3. The second-order valence-electron chi connectivity index (χ2n) is 4.06. The number of guanidine groups is 1. The predicted octanol–water partition coefficient (Wildman–Crippen LogP) is 0.343. The Bertz CT molecular complexity index is 185. The van der Waals surface area contributed by atoms with E-state index in [1.165, 1.54) is 12.8 Å². The molecular formula is C8H18N4. The molecule has 12 heavy (non-hydrogen) atoms. The molecule has 0 heterocycles. The molecule has 0 aliphatic heterocycles. The SMILES string of the molecule is CC1(C)CCCC1N=C(N)NN. The maximum absolute atomic E-state index is 5.49. The Hall–Kier alpha value is -0.770. The van der Waals surface area contributed by atoms with Gasteiger partial charge in [0.1, 0.15) is 0 Å². The van der Waals surface area contributed by atoms with Crippen molar-refractivity contribution in [3.05, 3.63) is 0 Å². The number of nitrogens with one attached hydrogen (secondary N) is 1. The van der Waals surface area contributed by atoms with Crippen molar-refractivity contribution >= 4 is 5.96 Å². The van der Waals surface area contributed by atoms with Crippen molar-refractivity contribution in [1.29, 1.82) is 0 Å². The van der Waals surface area contributed by atoms with Gasteiger partial charge in [-0.1, -0.05) is 20.3 Å². The van der Waals surface area contributed by atoms with Crippen LogP contribution in [0.1, 0.15) is 33.1 Å². The molecule has 4 heteroatoms. The highest BCUT2D eigenvalue weighted by Gasteiger charge is 2.34. The standard InChI is InChI=1S/C8H18N4/c1-8(2)5-3-4-6(8)11-7(9)12-10/h6H,3-5,10H2,1-2H3,(H3,9,11,12). The smallest absolute Gasteiger partial charge is 0.203 e. The highest BCUT2D eigenvalue weighted by Crippen LogP contribution is 2.39. The summed E-state index contributed by atoms with van der Waals surface area (Å²) in [5.74, 6) is 5.48. The van der Waals surface area contributed by atoms with Crippen molar-refractivity contribution in [1.82, 2.24) is 5.43 Å². The normalized spacial score (nSPS) is 28.9. The minimum absolute atomic E-state index is 0.279. The summed E-state index contributed by atoms with van der Waals surface area (Å²) in [5, 5.41) is 0. The van der Waals surface area contributed by atoms with Crippen LogP contribution in [-0.2, 0) is 0 Å². The average molecular weight is 170 g/mol. The maximum atomic E-state index is 5.49. The zero-order valence-corrected chi connectivity index (χ0v) is 7.80. The molecule has 0 aromatic carbocycles. The van der Waals surface area contributed by atoms with E-state index in [1.807, 2.05) is 0 Å². The number of rotatable bonds is 1. The zero-order valence-electron chi connectivity index (χ0n) is 7.80. The summed E-state index contributed by atoms with van der Waals surface area (Å²) in [5.41, 5.74) is 8.12. The Morgan fingerprint density at radius 1 is 1.58 bits per heavy atom. The lowest BCUT2D eigenvalue weighted by Gasteiger charge is -2.23. The van der Waals surface area contributed by atoms with Gasteiger partial charge in [0.25, 0.3) is 0 Å². The van der Waals surface area contributed by atoms with Crippen LogP contribution < -0.4 is 17.0 Å². The number of nitrogens with two attached hydrogens (primary N) is 2. The molecule has 1 atom stereocenters. The van der Waals surface area contributed by atoms with Gasteiger partial charge in [0, 0.05) is 0 Å². The molecule has 0 radical (unpaired) electrons. The minimum Gasteiger partial charge on any atom is -0.369 e. The molecule has 0 saturated heterocycles. The van der Waals surface area contributed by atoms with Crippen LogP contribution in [0.2, 0.25) is 0 Å². The molecule has 0 bridgehead atoms. The van der Waals surface area contributed by atoms with Gasteiger partial charge in [0.15, 0.2) is 0 Å². The molecule has 1 aliphatic carbocycles. The fourth-order valence-electron chi connectivity index (χ4n) is 1.75. The van der Waals surface area contributed by atoms with Crippen LogP contribution in [0.15, 0.2) is 4.99 Å². The number of hydrogen-bond donors (Lipinski definition) is 3. The second kappa shape index (κ2) is 3.31. The van der Waals surface area contributed by atoms with Crippen LogP contribution in [0.5, 0.6) is 0 Å². The van der Waals surface area contributed by atoms with E-state index < -0.39 is 0 Å². The quantitative estimate of drug-likeness (QED) is 0.230. The van der Waals surface area contributed by atoms with Gasteiger partial charge < -0.3 is 5.73 Å². The summed E-state index contributed by atoms with van der Waals surface area (Å²) in [4.78, 5) is 4.31. The molecule has 1 unspecified atom stereocenters. The van der Waals surface area contributed by atoms with Crippen molar-refractivity contribution in [2.24, 2.45) is 22.0 Å². The fraction of sp³-hybridized carbons (Fsp3) is 0.875. The monoisotopic (exact) mass is 170 g/mol. The van der Waals surface area contributed by atoms with Crippen molar-refractivity contribution in [2.45, 2.75) is 39.2 Å². The fourth-order valence-corrected chi connectivity index (χ4v) is 1.75. The number of hydrogen-bond acceptors (Lipinski definition) is 2. The van der Waals surface area contributed by atoms with E-state index in [-0.39, 0.29) is 5.41 Å². The van der Waals surface area contributed by atoms with E-state index in [2.05, 4.69) is 24.3 Å². The molecule has 0 amide bonds. The Labute approximate surface area is 73.4 Å². The van der Waals surface area contributed by atoms with Crippen molar-refractivity contribution in [2.75, 3.05) is 0 Å². The summed E-state index contributed by atoms with van der Waals surface area (Å²) in [6.45, 7) is 4.44. The highest BCUT2D eigenvalue weighted by molar-refractivity contribution is 5.77. The first-order chi connectivity index (χ1) is 5.56. The molecule has 4 nitrogen and oxygen atoms in total. The Morgan fingerprint density at radius 3 is 2.67 bits per heavy atom. The Balaban J connectivity index is 2.63. The molecule has 1 rings (SSSR count). The molecule has 1 saturated carbocycles. The predicted molar refractivity (Wildman–Crippen MR) is 50.4 cm³/mol. The van der Waals surface area contributed by atoms with Gasteiger partial charge in [0.2, 0.25) is 5.96 Å².